The molecule has 0 amide bonds. The van der Waals surface area contributed by atoms with Crippen molar-refractivity contribution in [2.24, 2.45) is 9.98 Å². The molecule has 0 spiro atoms. The second-order valence-electron chi connectivity index (χ2n) is 2.03. The molecule has 0 rings (SSSR count). The Kier molecular flexibility index (Phi) is 6.74. The third kappa shape index (κ3) is 6.68. The summed E-state index contributed by atoms with van der Waals surface area (Å²) in [6, 6.07) is 0. The van der Waals surface area contributed by atoms with Gasteiger partial charge in [-0.3, -0.25) is 0 Å². The highest BCUT2D eigenvalue weighted by Gasteiger charge is 1.76. The van der Waals surface area contributed by atoms with E-state index in [1.807, 2.05) is 38.2 Å². The van der Waals surface area contributed by atoms with Gasteiger partial charge in [-0.25, -0.2) is 9.98 Å². The predicted octanol–water partition coefficient (Wildman–Crippen LogP) is 2.75. The van der Waals surface area contributed by atoms with Crippen LogP contribution in [0.25, 0.3) is 0 Å². The lowest BCUT2D eigenvalue weighted by atomic mass is 10.4. The maximum absolute atomic E-state index is 3.95. The van der Waals surface area contributed by atoms with E-state index < -0.39 is 0 Å². The number of hydrogen-bond donors (Lipinski definition) is 0. The largest absolute Gasteiger partial charge is 0.250 e. The van der Waals surface area contributed by atoms with Crippen molar-refractivity contribution in [2.45, 2.75) is 13.8 Å². The lowest BCUT2D eigenvalue weighted by Gasteiger charge is -1.84. The molecule has 0 aliphatic heterocycles. The number of aliphatic imine (C=N–C) groups is 2. The van der Waals surface area contributed by atoms with E-state index in [-0.39, 0.29) is 0 Å². The lowest BCUT2D eigenvalue weighted by Crippen LogP contribution is -1.70. The molecule has 0 N–H and O–H groups in total. The van der Waals surface area contributed by atoms with Gasteiger partial charge >= 0.3 is 0 Å². The van der Waals surface area contributed by atoms with Crippen molar-refractivity contribution in [3.05, 3.63) is 36.6 Å². The number of allylic oxidation sites excluding steroid dienone is 4. The van der Waals surface area contributed by atoms with Crippen LogP contribution in [-0.4, -0.2) is 12.6 Å². The summed E-state index contributed by atoms with van der Waals surface area (Å²) in [7, 11) is 0. The fourth-order valence-corrected chi connectivity index (χ4v) is 0.495. The Labute approximate surface area is 73.7 Å². The van der Waals surface area contributed by atoms with Crippen LogP contribution < -0.4 is 0 Å². The molecule has 2 nitrogen and oxygen atoms in total. The Balaban J connectivity index is 3.89. The zero-order chi connectivity index (χ0) is 9.23. The molecule has 2 heteroatoms. The van der Waals surface area contributed by atoms with Gasteiger partial charge in [0, 0.05) is 6.21 Å². The van der Waals surface area contributed by atoms with Crippen molar-refractivity contribution in [1.82, 2.24) is 0 Å². The van der Waals surface area contributed by atoms with Crippen molar-refractivity contribution < 1.29 is 0 Å². The minimum Gasteiger partial charge on any atom is -0.250 e. The Hall–Kier alpha value is -1.44. The molecule has 0 saturated heterocycles. The van der Waals surface area contributed by atoms with Crippen molar-refractivity contribution in [1.29, 1.82) is 0 Å². The highest BCUT2D eigenvalue weighted by atomic mass is 14.8. The van der Waals surface area contributed by atoms with Crippen LogP contribution in [0, 0.1) is 0 Å². The Morgan fingerprint density at radius 2 is 2.00 bits per heavy atom. The summed E-state index contributed by atoms with van der Waals surface area (Å²) < 4.78 is 0. The molecule has 0 aliphatic rings. The van der Waals surface area contributed by atoms with Gasteiger partial charge in [0.1, 0.15) is 6.34 Å². The van der Waals surface area contributed by atoms with Crippen molar-refractivity contribution >= 4 is 12.6 Å². The summed E-state index contributed by atoms with van der Waals surface area (Å²) in [5.41, 5.74) is 0.693. The smallest absolute Gasteiger partial charge is 0.115 e. The van der Waals surface area contributed by atoms with Gasteiger partial charge in [0.25, 0.3) is 0 Å². The first kappa shape index (κ1) is 10.6. The number of nitrogens with zero attached hydrogens (tertiary/aromatic N) is 2. The van der Waals surface area contributed by atoms with E-state index in [1.165, 1.54) is 6.34 Å². The number of rotatable bonds is 4. The highest BCUT2D eigenvalue weighted by molar-refractivity contribution is 5.71. The van der Waals surface area contributed by atoms with Gasteiger partial charge in [-0.1, -0.05) is 24.8 Å². The van der Waals surface area contributed by atoms with Gasteiger partial charge in [0.15, 0.2) is 0 Å². The molecule has 0 bridgehead atoms. The van der Waals surface area contributed by atoms with E-state index in [4.69, 9.17) is 0 Å². The molecule has 0 fully saturated rings. The van der Waals surface area contributed by atoms with Crippen LogP contribution in [0.4, 0.5) is 0 Å². The quantitative estimate of drug-likeness (QED) is 0.345. The van der Waals surface area contributed by atoms with Crippen LogP contribution in [0.1, 0.15) is 13.8 Å². The van der Waals surface area contributed by atoms with E-state index >= 15 is 0 Å². The molecular weight excluding hydrogens is 148 g/mol. The van der Waals surface area contributed by atoms with Gasteiger partial charge in [0.2, 0.25) is 0 Å². The molecule has 0 heterocycles. The molecular formula is C10H14N2. The van der Waals surface area contributed by atoms with Crippen LogP contribution in [0.5, 0.6) is 0 Å². The summed E-state index contributed by atoms with van der Waals surface area (Å²) in [5, 5.41) is 0. The van der Waals surface area contributed by atoms with E-state index in [0.717, 1.165) is 0 Å². The summed E-state index contributed by atoms with van der Waals surface area (Å²) >= 11 is 0. The number of hydrogen-bond acceptors (Lipinski definition) is 1. The van der Waals surface area contributed by atoms with Crippen molar-refractivity contribution in [3.8, 4) is 0 Å². The summed E-state index contributed by atoms with van der Waals surface area (Å²) in [5.74, 6) is 0. The van der Waals surface area contributed by atoms with Crippen LogP contribution >= 0.6 is 0 Å². The standard InChI is InChI=1S/C10H14N2/c1-4-6-7-8-10(3)12-9-11-5-2/h4-9H,3H2,1-2H3/b6-4-,8-7-,11-5-,12-9-. The second kappa shape index (κ2) is 7.66. The molecule has 0 saturated carbocycles. The molecule has 0 aliphatic carbocycles. The Bertz CT molecular complexity index is 208. The molecule has 64 valence electrons. The topological polar surface area (TPSA) is 24.7 Å². The molecule has 0 radical (unpaired) electrons. The minimum absolute atomic E-state index is 0.693. The van der Waals surface area contributed by atoms with Gasteiger partial charge in [0.05, 0.1) is 5.70 Å². The Morgan fingerprint density at radius 1 is 1.25 bits per heavy atom. The van der Waals surface area contributed by atoms with Gasteiger partial charge in [-0.05, 0) is 19.9 Å². The molecule has 0 aromatic heterocycles. The summed E-state index contributed by atoms with van der Waals surface area (Å²) in [6.07, 6.45) is 10.7. The lowest BCUT2D eigenvalue weighted by molar-refractivity contribution is 1.43. The molecule has 0 aromatic carbocycles. The summed E-state index contributed by atoms with van der Waals surface area (Å²) in [4.78, 5) is 7.76. The minimum atomic E-state index is 0.693. The average Bonchev–Trinajstić information content (AvgIpc) is 2.06. The molecule has 0 aromatic rings. The molecule has 12 heavy (non-hydrogen) atoms. The van der Waals surface area contributed by atoms with Gasteiger partial charge in [-0.15, -0.1) is 0 Å². The van der Waals surface area contributed by atoms with E-state index in [9.17, 15) is 0 Å². The summed E-state index contributed by atoms with van der Waals surface area (Å²) in [6.45, 7) is 7.50. The van der Waals surface area contributed by atoms with Crippen LogP contribution in [0.2, 0.25) is 0 Å². The maximum atomic E-state index is 3.95. The fourth-order valence-electron chi connectivity index (χ4n) is 0.495. The van der Waals surface area contributed by atoms with Gasteiger partial charge in [-0.2, -0.15) is 0 Å². The second-order valence-corrected chi connectivity index (χ2v) is 2.03. The molecule has 0 atom stereocenters. The van der Waals surface area contributed by atoms with Crippen LogP contribution in [0.15, 0.2) is 46.6 Å². The average molecular weight is 162 g/mol. The van der Waals surface area contributed by atoms with Crippen molar-refractivity contribution in [3.63, 3.8) is 0 Å². The van der Waals surface area contributed by atoms with E-state index in [1.54, 1.807) is 6.21 Å². The Morgan fingerprint density at radius 3 is 2.58 bits per heavy atom. The maximum Gasteiger partial charge on any atom is 0.115 e. The first-order valence-corrected chi connectivity index (χ1v) is 3.80. The fraction of sp³-hybridized carbons (Fsp3) is 0.200. The highest BCUT2D eigenvalue weighted by Crippen LogP contribution is 1.93. The SMILES string of the molecule is C=C(/C=C\C=C/C)/N=C\N=C/C. The predicted molar refractivity (Wildman–Crippen MR) is 55.8 cm³/mol. The van der Waals surface area contributed by atoms with E-state index in [0.29, 0.717) is 5.70 Å². The zero-order valence-electron chi connectivity index (χ0n) is 7.57. The monoisotopic (exact) mass is 162 g/mol. The molecule has 0 unspecified atom stereocenters. The third-order valence-corrected chi connectivity index (χ3v) is 1.03. The normalized spacial score (nSPS) is 12.8. The van der Waals surface area contributed by atoms with Crippen LogP contribution in [0.3, 0.4) is 0 Å². The third-order valence-electron chi connectivity index (χ3n) is 1.03. The zero-order valence-corrected chi connectivity index (χ0v) is 7.57. The van der Waals surface area contributed by atoms with Crippen molar-refractivity contribution in [2.75, 3.05) is 0 Å². The van der Waals surface area contributed by atoms with Crippen LogP contribution in [-0.2, 0) is 0 Å². The van der Waals surface area contributed by atoms with Gasteiger partial charge < -0.3 is 0 Å². The van der Waals surface area contributed by atoms with E-state index in [2.05, 4.69) is 16.6 Å². The first-order valence-electron chi connectivity index (χ1n) is 3.80. The first-order chi connectivity index (χ1) is 5.81.